The molecule has 0 radical (unpaired) electrons. The molecule has 1 fully saturated rings. The van der Waals surface area contributed by atoms with E-state index in [0.717, 1.165) is 32.4 Å². The minimum atomic E-state index is -0.627. The molecule has 3 aromatic rings. The van der Waals surface area contributed by atoms with Crippen LogP contribution < -0.4 is 15.5 Å². The van der Waals surface area contributed by atoms with E-state index in [0.29, 0.717) is 12.5 Å². The summed E-state index contributed by atoms with van der Waals surface area (Å²) in [6.07, 6.45) is 6.62. The zero-order valence-corrected chi connectivity index (χ0v) is 19.4. The summed E-state index contributed by atoms with van der Waals surface area (Å²) >= 11 is 6.04. The van der Waals surface area contributed by atoms with Gasteiger partial charge in [0.25, 0.3) is 11.8 Å². The predicted octanol–water partition coefficient (Wildman–Crippen LogP) is 5.16. The number of benzene rings is 2. The quantitative estimate of drug-likeness (QED) is 0.489. The Balaban J connectivity index is 1.27. The maximum absolute atomic E-state index is 14.3. The van der Waals surface area contributed by atoms with Crippen molar-refractivity contribution in [2.45, 2.75) is 19.3 Å². The summed E-state index contributed by atoms with van der Waals surface area (Å²) in [4.78, 5) is 31.5. The first kappa shape index (κ1) is 23.7. The van der Waals surface area contributed by atoms with Crippen LogP contribution in [0.1, 0.15) is 40.0 Å². The molecule has 176 valence electrons. The highest BCUT2D eigenvalue weighted by atomic mass is 35.5. The van der Waals surface area contributed by atoms with Crippen molar-refractivity contribution in [1.29, 1.82) is 0 Å². The number of hydrogen-bond donors (Lipinski definition) is 2. The van der Waals surface area contributed by atoms with Crippen molar-refractivity contribution in [2.24, 2.45) is 5.92 Å². The van der Waals surface area contributed by atoms with Crippen LogP contribution in [-0.2, 0) is 0 Å². The van der Waals surface area contributed by atoms with Gasteiger partial charge in [-0.05, 0) is 67.6 Å². The van der Waals surface area contributed by atoms with Gasteiger partial charge >= 0.3 is 0 Å². The number of carbonyl (C=O) groups is 2. The number of aromatic nitrogens is 1. The molecule has 6 nitrogen and oxygen atoms in total. The molecule has 1 aliphatic heterocycles. The van der Waals surface area contributed by atoms with E-state index in [4.69, 9.17) is 11.6 Å². The Kier molecular flexibility index (Phi) is 7.75. The molecule has 1 aliphatic rings. The fourth-order valence-corrected chi connectivity index (χ4v) is 4.35. The smallest absolute Gasteiger partial charge is 0.257 e. The van der Waals surface area contributed by atoms with Crippen molar-refractivity contribution in [3.05, 3.63) is 89.0 Å². The van der Waals surface area contributed by atoms with Crippen molar-refractivity contribution in [3.8, 4) is 0 Å². The van der Waals surface area contributed by atoms with Crippen molar-refractivity contribution < 1.29 is 14.0 Å². The number of hydrogen-bond acceptors (Lipinski definition) is 4. The Bertz CT molecular complexity index is 1150. The molecule has 0 bridgehead atoms. The third kappa shape index (κ3) is 5.91. The highest BCUT2D eigenvalue weighted by Gasteiger charge is 2.20. The van der Waals surface area contributed by atoms with Crippen molar-refractivity contribution in [3.63, 3.8) is 0 Å². The van der Waals surface area contributed by atoms with E-state index in [-0.39, 0.29) is 27.7 Å². The molecular formula is C26H26ClFN4O2. The molecule has 1 saturated heterocycles. The van der Waals surface area contributed by atoms with Crippen LogP contribution in [0, 0.1) is 11.7 Å². The van der Waals surface area contributed by atoms with E-state index < -0.39 is 11.7 Å². The molecule has 0 saturated carbocycles. The van der Waals surface area contributed by atoms with Gasteiger partial charge in [-0.3, -0.25) is 14.6 Å². The molecule has 2 heterocycles. The number of anilines is 2. The van der Waals surface area contributed by atoms with Crippen LogP contribution in [0.25, 0.3) is 0 Å². The van der Waals surface area contributed by atoms with Crippen LogP contribution in [-0.4, -0.2) is 36.4 Å². The van der Waals surface area contributed by atoms with E-state index >= 15 is 0 Å². The van der Waals surface area contributed by atoms with Gasteiger partial charge in [0.15, 0.2) is 0 Å². The lowest BCUT2D eigenvalue weighted by Gasteiger charge is -2.33. The van der Waals surface area contributed by atoms with Gasteiger partial charge in [0.05, 0.1) is 16.3 Å². The second kappa shape index (κ2) is 11.1. The number of carbonyl (C=O) groups excluding carboxylic acids is 2. The number of rotatable bonds is 7. The molecule has 4 rings (SSSR count). The minimum Gasteiger partial charge on any atom is -0.371 e. The third-order valence-electron chi connectivity index (χ3n) is 6.08. The van der Waals surface area contributed by atoms with Gasteiger partial charge in [-0.25, -0.2) is 4.39 Å². The van der Waals surface area contributed by atoms with Crippen molar-refractivity contribution in [1.82, 2.24) is 10.3 Å². The zero-order valence-electron chi connectivity index (χ0n) is 18.6. The van der Waals surface area contributed by atoms with Gasteiger partial charge in [0, 0.05) is 43.3 Å². The number of nitrogens with zero attached hydrogens (tertiary/aromatic N) is 2. The fraction of sp³-hybridized carbons (Fsp3) is 0.269. The maximum atomic E-state index is 14.3. The topological polar surface area (TPSA) is 74.3 Å². The van der Waals surface area contributed by atoms with Crippen molar-refractivity contribution >= 4 is 34.8 Å². The Morgan fingerprint density at radius 2 is 1.76 bits per heavy atom. The van der Waals surface area contributed by atoms with Gasteiger partial charge in [-0.2, -0.15) is 0 Å². The van der Waals surface area contributed by atoms with Crippen LogP contribution in [0.4, 0.5) is 15.8 Å². The van der Waals surface area contributed by atoms with E-state index in [1.54, 1.807) is 36.7 Å². The Hall–Kier alpha value is -3.45. The Morgan fingerprint density at radius 3 is 2.50 bits per heavy atom. The Morgan fingerprint density at radius 1 is 1.03 bits per heavy atom. The van der Waals surface area contributed by atoms with E-state index in [2.05, 4.69) is 20.5 Å². The Labute approximate surface area is 203 Å². The average molecular weight is 481 g/mol. The van der Waals surface area contributed by atoms with Crippen LogP contribution in [0.3, 0.4) is 0 Å². The van der Waals surface area contributed by atoms with Crippen molar-refractivity contribution in [2.75, 3.05) is 29.9 Å². The summed E-state index contributed by atoms with van der Waals surface area (Å²) < 4.78 is 14.3. The van der Waals surface area contributed by atoms with Crippen LogP contribution >= 0.6 is 11.6 Å². The zero-order chi connectivity index (χ0) is 23.9. The monoisotopic (exact) mass is 480 g/mol. The predicted molar refractivity (Wildman–Crippen MR) is 132 cm³/mol. The van der Waals surface area contributed by atoms with Gasteiger partial charge in [0.1, 0.15) is 5.82 Å². The number of nitrogens with one attached hydrogen (secondary N) is 2. The van der Waals surface area contributed by atoms with Crippen LogP contribution in [0.2, 0.25) is 5.02 Å². The van der Waals surface area contributed by atoms with E-state index in [9.17, 15) is 14.0 Å². The number of halogens is 2. The molecule has 2 amide bonds. The third-order valence-corrected chi connectivity index (χ3v) is 6.41. The lowest BCUT2D eigenvalue weighted by atomic mass is 9.93. The average Bonchev–Trinajstić information content (AvgIpc) is 2.86. The minimum absolute atomic E-state index is 0.0685. The molecule has 0 unspecified atom stereocenters. The van der Waals surface area contributed by atoms with Crippen LogP contribution in [0.5, 0.6) is 0 Å². The number of piperidine rings is 1. The summed E-state index contributed by atoms with van der Waals surface area (Å²) in [5.41, 5.74) is 1.63. The first-order chi connectivity index (χ1) is 16.5. The highest BCUT2D eigenvalue weighted by molar-refractivity contribution is 6.34. The molecule has 2 aromatic carbocycles. The summed E-state index contributed by atoms with van der Waals surface area (Å²) in [7, 11) is 0. The van der Waals surface area contributed by atoms with Gasteiger partial charge in [-0.1, -0.05) is 23.7 Å². The summed E-state index contributed by atoms with van der Waals surface area (Å²) in [6, 6.07) is 14.5. The SMILES string of the molecule is O=C(NCCC1CCN(c2ccncc2)CC1)c1ccc(F)c(NC(=O)c2ccccc2Cl)c1. The number of pyridine rings is 1. The lowest BCUT2D eigenvalue weighted by Crippen LogP contribution is -2.35. The molecule has 0 atom stereocenters. The molecule has 0 aliphatic carbocycles. The molecule has 2 N–H and O–H groups in total. The summed E-state index contributed by atoms with van der Waals surface area (Å²) in [5.74, 6) is -0.933. The summed E-state index contributed by atoms with van der Waals surface area (Å²) in [6.45, 7) is 2.50. The molecule has 34 heavy (non-hydrogen) atoms. The second-order valence-electron chi connectivity index (χ2n) is 8.31. The molecule has 0 spiro atoms. The van der Waals surface area contributed by atoms with Gasteiger partial charge < -0.3 is 15.5 Å². The van der Waals surface area contributed by atoms with E-state index in [1.807, 2.05) is 12.1 Å². The lowest BCUT2D eigenvalue weighted by molar-refractivity contribution is 0.0949. The van der Waals surface area contributed by atoms with E-state index in [1.165, 1.54) is 23.9 Å². The van der Waals surface area contributed by atoms with Gasteiger partial charge in [0.2, 0.25) is 0 Å². The fourth-order valence-electron chi connectivity index (χ4n) is 4.12. The first-order valence-corrected chi connectivity index (χ1v) is 11.7. The van der Waals surface area contributed by atoms with Crippen LogP contribution in [0.15, 0.2) is 67.0 Å². The summed E-state index contributed by atoms with van der Waals surface area (Å²) in [5, 5.41) is 5.68. The van der Waals surface area contributed by atoms with Gasteiger partial charge in [-0.15, -0.1) is 0 Å². The number of amides is 2. The molecule has 8 heteroatoms. The normalized spacial score (nSPS) is 14.0. The highest BCUT2D eigenvalue weighted by Crippen LogP contribution is 2.25. The largest absolute Gasteiger partial charge is 0.371 e. The second-order valence-corrected chi connectivity index (χ2v) is 8.72. The molecular weight excluding hydrogens is 455 g/mol. The standard InChI is InChI=1S/C26H26ClFN4O2/c27-22-4-2-1-3-21(22)26(34)31-24-17-19(5-6-23(24)28)25(33)30-14-7-18-10-15-32(16-11-18)20-8-12-29-13-9-20/h1-6,8-9,12-13,17-18H,7,10-11,14-16H2,(H,30,33)(H,31,34). The maximum Gasteiger partial charge on any atom is 0.257 e. The molecule has 1 aromatic heterocycles. The first-order valence-electron chi connectivity index (χ1n) is 11.3.